The Morgan fingerprint density at radius 1 is 1.42 bits per heavy atom. The summed E-state index contributed by atoms with van der Waals surface area (Å²) in [6, 6.07) is 0. The van der Waals surface area contributed by atoms with E-state index >= 15 is 0 Å². The summed E-state index contributed by atoms with van der Waals surface area (Å²) in [5.41, 5.74) is 0.947. The maximum Gasteiger partial charge on any atom is 0.228 e. The maximum absolute atomic E-state index is 5.06. The number of hydrogen-bond donors (Lipinski definition) is 0. The lowest BCUT2D eigenvalue weighted by Crippen LogP contribution is -2.13. The number of anilines is 1. The molecule has 0 bridgehead atoms. The lowest BCUT2D eigenvalue weighted by molar-refractivity contribution is 0.393. The summed E-state index contributed by atoms with van der Waals surface area (Å²) in [6.45, 7) is 1.91. The van der Waals surface area contributed by atoms with E-state index in [0.29, 0.717) is 11.8 Å². The van der Waals surface area contributed by atoms with Crippen LogP contribution >= 0.6 is 0 Å². The Hall–Kier alpha value is -1.32. The first kappa shape index (κ1) is 8.77. The van der Waals surface area contributed by atoms with Gasteiger partial charge in [-0.05, 0) is 6.92 Å². The molecule has 4 nitrogen and oxygen atoms in total. The Balaban J connectivity index is 3.05. The number of rotatable bonds is 2. The van der Waals surface area contributed by atoms with Crippen LogP contribution in [-0.2, 0) is 0 Å². The third kappa shape index (κ3) is 1.64. The van der Waals surface area contributed by atoms with Crippen LogP contribution in [0.2, 0.25) is 0 Å². The van der Waals surface area contributed by atoms with Crippen LogP contribution in [0.25, 0.3) is 0 Å². The Morgan fingerprint density at radius 2 is 2.08 bits per heavy atom. The number of nitrogens with zero attached hydrogens (tertiary/aromatic N) is 3. The predicted molar refractivity (Wildman–Crippen MR) is 47.6 cm³/mol. The van der Waals surface area contributed by atoms with Crippen LogP contribution in [0.15, 0.2) is 6.20 Å². The molecule has 0 radical (unpaired) electrons. The van der Waals surface area contributed by atoms with Crippen molar-refractivity contribution in [2.24, 2.45) is 0 Å². The molecule has 66 valence electrons. The van der Waals surface area contributed by atoms with Crippen LogP contribution < -0.4 is 9.64 Å². The Morgan fingerprint density at radius 3 is 2.58 bits per heavy atom. The van der Waals surface area contributed by atoms with Gasteiger partial charge in [0.1, 0.15) is 0 Å². The summed E-state index contributed by atoms with van der Waals surface area (Å²) in [6.07, 6.45) is 1.75. The molecule has 0 amide bonds. The summed E-state index contributed by atoms with van der Waals surface area (Å²) < 4.78 is 5.06. The van der Waals surface area contributed by atoms with Crippen LogP contribution in [0.5, 0.6) is 5.88 Å². The van der Waals surface area contributed by atoms with Crippen molar-refractivity contribution < 1.29 is 4.74 Å². The minimum Gasteiger partial charge on any atom is -0.481 e. The van der Waals surface area contributed by atoms with E-state index in [4.69, 9.17) is 4.74 Å². The molecule has 0 N–H and O–H groups in total. The van der Waals surface area contributed by atoms with E-state index in [1.54, 1.807) is 13.3 Å². The summed E-state index contributed by atoms with van der Waals surface area (Å²) in [5.74, 6) is 1.30. The SMILES string of the molecule is COc1nc(N(C)C)ncc1C. The minimum absolute atomic E-state index is 0.633. The van der Waals surface area contributed by atoms with Gasteiger partial charge in [0.15, 0.2) is 0 Å². The molecule has 0 saturated carbocycles. The van der Waals surface area contributed by atoms with E-state index in [1.807, 2.05) is 25.9 Å². The normalized spacial score (nSPS) is 9.67. The molecule has 0 atom stereocenters. The van der Waals surface area contributed by atoms with Gasteiger partial charge in [-0.3, -0.25) is 0 Å². The van der Waals surface area contributed by atoms with Gasteiger partial charge in [-0.1, -0.05) is 0 Å². The average Bonchev–Trinajstić information content (AvgIpc) is 2.05. The molecular formula is C8H13N3O. The molecule has 0 spiro atoms. The van der Waals surface area contributed by atoms with E-state index < -0.39 is 0 Å². The average molecular weight is 167 g/mol. The fourth-order valence-electron chi connectivity index (χ4n) is 0.840. The summed E-state index contributed by atoms with van der Waals surface area (Å²) in [7, 11) is 5.39. The van der Waals surface area contributed by atoms with Crippen molar-refractivity contribution in [1.82, 2.24) is 9.97 Å². The first-order chi connectivity index (χ1) is 5.65. The summed E-state index contributed by atoms with van der Waals surface area (Å²) in [5, 5.41) is 0. The van der Waals surface area contributed by atoms with Crippen LogP contribution in [0, 0.1) is 6.92 Å². The summed E-state index contributed by atoms with van der Waals surface area (Å²) in [4.78, 5) is 10.1. The lowest BCUT2D eigenvalue weighted by Gasteiger charge is -2.11. The highest BCUT2D eigenvalue weighted by atomic mass is 16.5. The van der Waals surface area contributed by atoms with Gasteiger partial charge in [-0.2, -0.15) is 4.98 Å². The zero-order valence-corrected chi connectivity index (χ0v) is 7.83. The van der Waals surface area contributed by atoms with E-state index in [1.165, 1.54) is 0 Å². The second-order valence-corrected chi connectivity index (χ2v) is 2.76. The Labute approximate surface area is 72.2 Å². The number of methoxy groups -OCH3 is 1. The molecule has 0 fully saturated rings. The van der Waals surface area contributed by atoms with Crippen molar-refractivity contribution in [3.05, 3.63) is 11.8 Å². The first-order valence-corrected chi connectivity index (χ1v) is 3.70. The monoisotopic (exact) mass is 167 g/mol. The van der Waals surface area contributed by atoms with Crippen LogP contribution in [-0.4, -0.2) is 31.2 Å². The molecule has 4 heteroatoms. The molecule has 0 aromatic carbocycles. The van der Waals surface area contributed by atoms with Crippen molar-refractivity contribution >= 4 is 5.95 Å². The molecule has 0 aliphatic heterocycles. The minimum atomic E-state index is 0.633. The second kappa shape index (κ2) is 3.38. The highest BCUT2D eigenvalue weighted by Gasteiger charge is 2.03. The Bertz CT molecular complexity index is 273. The number of aryl methyl sites for hydroxylation is 1. The van der Waals surface area contributed by atoms with Gasteiger partial charge in [-0.25, -0.2) is 4.98 Å². The fourth-order valence-corrected chi connectivity index (χ4v) is 0.840. The third-order valence-corrected chi connectivity index (χ3v) is 1.51. The van der Waals surface area contributed by atoms with Gasteiger partial charge in [0.05, 0.1) is 7.11 Å². The van der Waals surface area contributed by atoms with Gasteiger partial charge >= 0.3 is 0 Å². The standard InChI is InChI=1S/C8H13N3O/c1-6-5-9-8(11(2)3)10-7(6)12-4/h5H,1-4H3. The van der Waals surface area contributed by atoms with Crippen molar-refractivity contribution in [2.75, 3.05) is 26.1 Å². The van der Waals surface area contributed by atoms with Crippen LogP contribution in [0.1, 0.15) is 5.56 Å². The molecule has 0 unspecified atom stereocenters. The van der Waals surface area contributed by atoms with Gasteiger partial charge in [0, 0.05) is 25.9 Å². The number of hydrogen-bond acceptors (Lipinski definition) is 4. The molecule has 12 heavy (non-hydrogen) atoms. The van der Waals surface area contributed by atoms with E-state index in [-0.39, 0.29) is 0 Å². The van der Waals surface area contributed by atoms with Gasteiger partial charge in [-0.15, -0.1) is 0 Å². The molecular weight excluding hydrogens is 154 g/mol. The molecule has 1 rings (SSSR count). The molecule has 1 aromatic heterocycles. The molecule has 0 aliphatic rings. The topological polar surface area (TPSA) is 38.2 Å². The maximum atomic E-state index is 5.06. The van der Waals surface area contributed by atoms with Crippen LogP contribution in [0.4, 0.5) is 5.95 Å². The van der Waals surface area contributed by atoms with Crippen LogP contribution in [0.3, 0.4) is 0 Å². The summed E-state index contributed by atoms with van der Waals surface area (Å²) >= 11 is 0. The van der Waals surface area contributed by atoms with Crippen molar-refractivity contribution in [1.29, 1.82) is 0 Å². The molecule has 1 aromatic rings. The van der Waals surface area contributed by atoms with Gasteiger partial charge < -0.3 is 9.64 Å². The zero-order chi connectivity index (χ0) is 9.14. The zero-order valence-electron chi connectivity index (χ0n) is 7.83. The molecule has 0 saturated heterocycles. The first-order valence-electron chi connectivity index (χ1n) is 3.70. The quantitative estimate of drug-likeness (QED) is 0.654. The fraction of sp³-hybridized carbons (Fsp3) is 0.500. The highest BCUT2D eigenvalue weighted by Crippen LogP contribution is 2.15. The smallest absolute Gasteiger partial charge is 0.228 e. The molecule has 0 aliphatic carbocycles. The number of ether oxygens (including phenoxy) is 1. The lowest BCUT2D eigenvalue weighted by atomic mass is 10.4. The third-order valence-electron chi connectivity index (χ3n) is 1.51. The highest BCUT2D eigenvalue weighted by molar-refractivity contribution is 5.33. The van der Waals surface area contributed by atoms with Gasteiger partial charge in [0.25, 0.3) is 0 Å². The predicted octanol–water partition coefficient (Wildman–Crippen LogP) is 0.860. The van der Waals surface area contributed by atoms with Crippen molar-refractivity contribution in [2.45, 2.75) is 6.92 Å². The van der Waals surface area contributed by atoms with E-state index in [0.717, 1.165) is 5.56 Å². The van der Waals surface area contributed by atoms with Gasteiger partial charge in [0.2, 0.25) is 11.8 Å². The Kier molecular flexibility index (Phi) is 2.47. The molecule has 1 heterocycles. The van der Waals surface area contributed by atoms with E-state index in [9.17, 15) is 0 Å². The van der Waals surface area contributed by atoms with Crippen molar-refractivity contribution in [3.8, 4) is 5.88 Å². The second-order valence-electron chi connectivity index (χ2n) is 2.76. The van der Waals surface area contributed by atoms with Crippen molar-refractivity contribution in [3.63, 3.8) is 0 Å². The number of aromatic nitrogens is 2. The van der Waals surface area contributed by atoms with E-state index in [2.05, 4.69) is 9.97 Å². The largest absolute Gasteiger partial charge is 0.481 e.